The zero-order valence-electron chi connectivity index (χ0n) is 16.3. The molecule has 4 rings (SSSR count). The van der Waals surface area contributed by atoms with Gasteiger partial charge in [-0.25, -0.2) is 9.38 Å². The second kappa shape index (κ2) is 7.60. The van der Waals surface area contributed by atoms with Crippen LogP contribution in [-0.2, 0) is 12.7 Å². The molecular formula is C18H15F6N5O2S. The fourth-order valence-corrected chi connectivity index (χ4v) is 4.24. The second-order valence-electron chi connectivity index (χ2n) is 7.39. The van der Waals surface area contributed by atoms with E-state index in [-0.39, 0.29) is 27.1 Å². The molecule has 0 saturated heterocycles. The van der Waals surface area contributed by atoms with E-state index < -0.39 is 42.6 Å². The van der Waals surface area contributed by atoms with Crippen LogP contribution >= 0.6 is 11.3 Å². The summed E-state index contributed by atoms with van der Waals surface area (Å²) in [6.07, 6.45) is -7.77. The Morgan fingerprint density at radius 1 is 1.22 bits per heavy atom. The molecule has 0 atom stereocenters. The van der Waals surface area contributed by atoms with E-state index in [0.29, 0.717) is 5.69 Å². The van der Waals surface area contributed by atoms with Crippen molar-refractivity contribution in [1.29, 1.82) is 0 Å². The molecule has 0 radical (unpaired) electrons. The Kier molecular flexibility index (Phi) is 5.30. The zero-order chi connectivity index (χ0) is 23.4. The number of alkyl halides is 6. The molecular weight excluding hydrogens is 464 g/mol. The Bertz CT molecular complexity index is 1250. The lowest BCUT2D eigenvalue weighted by atomic mass is 10.2. The van der Waals surface area contributed by atoms with Gasteiger partial charge in [-0.05, 0) is 25.8 Å². The standard InChI is InChI=1S/C18H15F6N5O2S/c1-8-14(15(31)25-7-17(19,20)21)29-13(30)4-10(26-16(29)32-8)6-28-12(18(22,23)24)5-11(27-28)9-2-3-9/h4-5,9H,2-3,6-7H2,1H3,(H,25,31). The first-order valence-electron chi connectivity index (χ1n) is 9.35. The quantitative estimate of drug-likeness (QED) is 0.568. The Balaban J connectivity index is 1.68. The highest BCUT2D eigenvalue weighted by atomic mass is 32.1. The topological polar surface area (TPSA) is 81.3 Å². The fourth-order valence-electron chi connectivity index (χ4n) is 3.25. The van der Waals surface area contributed by atoms with Crippen LogP contribution in [0.5, 0.6) is 0 Å². The maximum absolute atomic E-state index is 13.4. The van der Waals surface area contributed by atoms with Crippen LogP contribution in [0.25, 0.3) is 4.96 Å². The molecule has 1 saturated carbocycles. The summed E-state index contributed by atoms with van der Waals surface area (Å²) in [5.41, 5.74) is -1.75. The van der Waals surface area contributed by atoms with E-state index in [1.54, 1.807) is 5.32 Å². The van der Waals surface area contributed by atoms with Gasteiger partial charge in [0.1, 0.15) is 17.9 Å². The van der Waals surface area contributed by atoms with Crippen molar-refractivity contribution < 1.29 is 31.1 Å². The molecule has 0 spiro atoms. The van der Waals surface area contributed by atoms with E-state index in [1.807, 2.05) is 0 Å². The van der Waals surface area contributed by atoms with E-state index in [2.05, 4.69) is 10.1 Å². The van der Waals surface area contributed by atoms with Gasteiger partial charge in [-0.1, -0.05) is 0 Å². The number of fused-ring (bicyclic) bond motifs is 1. The van der Waals surface area contributed by atoms with Crippen LogP contribution in [0, 0.1) is 6.92 Å². The third-order valence-corrected chi connectivity index (χ3v) is 5.76. The lowest BCUT2D eigenvalue weighted by molar-refractivity contribution is -0.144. The number of hydrogen-bond acceptors (Lipinski definition) is 5. The molecule has 1 aliphatic rings. The molecule has 0 bridgehead atoms. The van der Waals surface area contributed by atoms with Crippen molar-refractivity contribution in [3.63, 3.8) is 0 Å². The van der Waals surface area contributed by atoms with Gasteiger partial charge in [0.2, 0.25) is 0 Å². The minimum absolute atomic E-state index is 0.0175. The maximum Gasteiger partial charge on any atom is 0.433 e. The first kappa shape index (κ1) is 22.3. The van der Waals surface area contributed by atoms with Crippen molar-refractivity contribution in [2.75, 3.05) is 6.54 Å². The van der Waals surface area contributed by atoms with Crippen molar-refractivity contribution in [1.82, 2.24) is 24.5 Å². The number of nitrogens with zero attached hydrogens (tertiary/aromatic N) is 4. The van der Waals surface area contributed by atoms with Crippen LogP contribution in [0.1, 0.15) is 51.2 Å². The Morgan fingerprint density at radius 2 is 1.91 bits per heavy atom. The number of halogens is 6. The minimum Gasteiger partial charge on any atom is -0.342 e. The van der Waals surface area contributed by atoms with Crippen molar-refractivity contribution >= 4 is 22.2 Å². The average Bonchev–Trinajstić information content (AvgIpc) is 3.32. The molecule has 1 fully saturated rings. The molecule has 1 N–H and O–H groups in total. The molecule has 0 unspecified atom stereocenters. The van der Waals surface area contributed by atoms with Crippen LogP contribution in [0.2, 0.25) is 0 Å². The van der Waals surface area contributed by atoms with Crippen LogP contribution in [0.15, 0.2) is 16.9 Å². The van der Waals surface area contributed by atoms with Gasteiger partial charge in [0.05, 0.1) is 17.9 Å². The van der Waals surface area contributed by atoms with Crippen molar-refractivity contribution in [2.45, 2.75) is 44.6 Å². The Labute approximate surface area is 179 Å². The Morgan fingerprint density at radius 3 is 2.50 bits per heavy atom. The van der Waals surface area contributed by atoms with Crippen molar-refractivity contribution in [2.24, 2.45) is 0 Å². The molecule has 3 aromatic heterocycles. The van der Waals surface area contributed by atoms with Crippen LogP contribution in [-0.4, -0.2) is 37.8 Å². The summed E-state index contributed by atoms with van der Waals surface area (Å²) < 4.78 is 79.0. The van der Waals surface area contributed by atoms with E-state index >= 15 is 0 Å². The van der Waals surface area contributed by atoms with Gasteiger partial charge in [-0.3, -0.25) is 14.3 Å². The van der Waals surface area contributed by atoms with Gasteiger partial charge in [-0.2, -0.15) is 31.4 Å². The van der Waals surface area contributed by atoms with Gasteiger partial charge >= 0.3 is 12.4 Å². The number of aryl methyl sites for hydroxylation is 1. The molecule has 0 aromatic carbocycles. The predicted molar refractivity (Wildman–Crippen MR) is 101 cm³/mol. The monoisotopic (exact) mass is 479 g/mol. The highest BCUT2D eigenvalue weighted by molar-refractivity contribution is 7.17. The number of thiazole rings is 1. The first-order chi connectivity index (χ1) is 14.8. The number of aromatic nitrogens is 4. The molecule has 7 nitrogen and oxygen atoms in total. The summed E-state index contributed by atoms with van der Waals surface area (Å²) in [5, 5.41) is 5.72. The average molecular weight is 479 g/mol. The number of carbonyl (C=O) groups is 1. The lowest BCUT2D eigenvalue weighted by Crippen LogP contribution is -2.35. The maximum atomic E-state index is 13.4. The van der Waals surface area contributed by atoms with Gasteiger partial charge in [-0.15, -0.1) is 11.3 Å². The molecule has 14 heteroatoms. The van der Waals surface area contributed by atoms with Crippen molar-refractivity contribution in [3.8, 4) is 0 Å². The molecule has 3 heterocycles. The number of amides is 1. The van der Waals surface area contributed by atoms with Gasteiger partial charge in [0.25, 0.3) is 11.5 Å². The highest BCUT2D eigenvalue weighted by Gasteiger charge is 2.38. The number of nitrogens with one attached hydrogen (secondary N) is 1. The zero-order valence-corrected chi connectivity index (χ0v) is 17.2. The smallest absolute Gasteiger partial charge is 0.342 e. The molecule has 172 valence electrons. The van der Waals surface area contributed by atoms with Crippen LogP contribution in [0.3, 0.4) is 0 Å². The van der Waals surface area contributed by atoms with E-state index in [9.17, 15) is 35.9 Å². The van der Waals surface area contributed by atoms with Crippen LogP contribution < -0.4 is 10.9 Å². The predicted octanol–water partition coefficient (Wildman–Crippen LogP) is 3.50. The van der Waals surface area contributed by atoms with Crippen LogP contribution in [0.4, 0.5) is 26.3 Å². The van der Waals surface area contributed by atoms with E-state index in [4.69, 9.17) is 0 Å². The van der Waals surface area contributed by atoms with Gasteiger partial charge in [0, 0.05) is 16.9 Å². The summed E-state index contributed by atoms with van der Waals surface area (Å²) in [6.45, 7) is -0.580. The molecule has 3 aromatic rings. The SMILES string of the molecule is Cc1sc2nc(Cn3nc(C4CC4)cc3C(F)(F)F)cc(=O)n2c1C(=O)NCC(F)(F)F. The molecule has 1 aliphatic carbocycles. The Hall–Kier alpha value is -2.90. The van der Waals surface area contributed by atoms with E-state index in [1.165, 1.54) is 6.92 Å². The molecule has 1 amide bonds. The van der Waals surface area contributed by atoms with Gasteiger partial charge in [0.15, 0.2) is 4.96 Å². The minimum atomic E-state index is -4.65. The highest BCUT2D eigenvalue weighted by Crippen LogP contribution is 2.41. The number of rotatable bonds is 5. The second-order valence-corrected chi connectivity index (χ2v) is 8.57. The van der Waals surface area contributed by atoms with Crippen molar-refractivity contribution in [3.05, 3.63) is 50.1 Å². The summed E-state index contributed by atoms with van der Waals surface area (Å²) in [7, 11) is 0. The molecule has 0 aliphatic heterocycles. The number of carbonyl (C=O) groups excluding carboxylic acids is 1. The number of hydrogen-bond donors (Lipinski definition) is 1. The van der Waals surface area contributed by atoms with E-state index in [0.717, 1.165) is 45.4 Å². The summed E-state index contributed by atoms with van der Waals surface area (Å²) in [4.78, 5) is 29.2. The third-order valence-electron chi connectivity index (χ3n) is 4.80. The van der Waals surface area contributed by atoms with Gasteiger partial charge < -0.3 is 5.32 Å². The lowest BCUT2D eigenvalue weighted by Gasteiger charge is -2.10. The third kappa shape index (κ3) is 4.49. The fraction of sp³-hybridized carbons (Fsp3) is 0.444. The molecule has 32 heavy (non-hydrogen) atoms. The largest absolute Gasteiger partial charge is 0.433 e. The normalized spacial score (nSPS) is 14.8. The summed E-state index contributed by atoms with van der Waals surface area (Å²) in [5.74, 6) is -1.13. The summed E-state index contributed by atoms with van der Waals surface area (Å²) in [6, 6.07) is 1.93. The first-order valence-corrected chi connectivity index (χ1v) is 10.2. The summed E-state index contributed by atoms with van der Waals surface area (Å²) >= 11 is 0.867.